The van der Waals surface area contributed by atoms with Crippen LogP contribution in [0.1, 0.15) is 39.7 Å². The van der Waals surface area contributed by atoms with Gasteiger partial charge in [0.1, 0.15) is 5.82 Å². The SMILES string of the molecule is Cc1ccc(NC(=O)c2csc3c2CCC(C)C3)nc1. The van der Waals surface area contributed by atoms with Gasteiger partial charge in [0.15, 0.2) is 0 Å². The number of rotatable bonds is 2. The van der Waals surface area contributed by atoms with Gasteiger partial charge in [-0.25, -0.2) is 4.98 Å². The maximum atomic E-state index is 12.4. The summed E-state index contributed by atoms with van der Waals surface area (Å²) >= 11 is 1.72. The first-order chi connectivity index (χ1) is 9.63. The number of hydrogen-bond donors (Lipinski definition) is 1. The van der Waals surface area contributed by atoms with E-state index in [0.29, 0.717) is 5.82 Å². The molecule has 1 unspecified atom stereocenters. The van der Waals surface area contributed by atoms with E-state index >= 15 is 0 Å². The van der Waals surface area contributed by atoms with Crippen LogP contribution in [0.4, 0.5) is 5.82 Å². The summed E-state index contributed by atoms with van der Waals surface area (Å²) in [5.41, 5.74) is 3.17. The number of anilines is 1. The smallest absolute Gasteiger partial charge is 0.257 e. The molecule has 2 aromatic heterocycles. The number of fused-ring (bicyclic) bond motifs is 1. The highest BCUT2D eigenvalue weighted by atomic mass is 32.1. The number of nitrogens with zero attached hydrogens (tertiary/aromatic N) is 1. The minimum atomic E-state index is -0.0339. The summed E-state index contributed by atoms with van der Waals surface area (Å²) in [6, 6.07) is 3.79. The molecule has 3 nitrogen and oxygen atoms in total. The van der Waals surface area contributed by atoms with Crippen LogP contribution in [0.3, 0.4) is 0 Å². The molecule has 1 amide bonds. The number of nitrogens with one attached hydrogen (secondary N) is 1. The quantitative estimate of drug-likeness (QED) is 0.911. The van der Waals surface area contributed by atoms with Crippen LogP contribution in [-0.4, -0.2) is 10.9 Å². The second-order valence-corrected chi connectivity index (χ2v) is 6.54. The van der Waals surface area contributed by atoms with Crippen LogP contribution in [0, 0.1) is 12.8 Å². The monoisotopic (exact) mass is 286 g/mol. The Balaban J connectivity index is 1.79. The Bertz CT molecular complexity index is 630. The lowest BCUT2D eigenvalue weighted by molar-refractivity contribution is 0.102. The second-order valence-electron chi connectivity index (χ2n) is 5.57. The van der Waals surface area contributed by atoms with Gasteiger partial charge >= 0.3 is 0 Å². The van der Waals surface area contributed by atoms with Crippen LogP contribution >= 0.6 is 11.3 Å². The molecule has 0 spiro atoms. The van der Waals surface area contributed by atoms with Gasteiger partial charge in [0, 0.05) is 16.5 Å². The van der Waals surface area contributed by atoms with Gasteiger partial charge in [0.05, 0.1) is 5.56 Å². The fourth-order valence-electron chi connectivity index (χ4n) is 2.59. The Hall–Kier alpha value is -1.68. The van der Waals surface area contributed by atoms with E-state index in [-0.39, 0.29) is 5.91 Å². The van der Waals surface area contributed by atoms with Crippen LogP contribution in [0.25, 0.3) is 0 Å². The van der Waals surface area contributed by atoms with Crippen molar-refractivity contribution >= 4 is 23.1 Å². The van der Waals surface area contributed by atoms with Crippen molar-refractivity contribution in [2.45, 2.75) is 33.1 Å². The van der Waals surface area contributed by atoms with Crippen LogP contribution < -0.4 is 5.32 Å². The maximum Gasteiger partial charge on any atom is 0.257 e. The Morgan fingerprint density at radius 1 is 1.45 bits per heavy atom. The van der Waals surface area contributed by atoms with E-state index in [4.69, 9.17) is 0 Å². The second kappa shape index (κ2) is 5.37. The summed E-state index contributed by atoms with van der Waals surface area (Å²) in [4.78, 5) is 18.0. The summed E-state index contributed by atoms with van der Waals surface area (Å²) in [5, 5.41) is 4.88. The van der Waals surface area contributed by atoms with Crippen molar-refractivity contribution in [1.29, 1.82) is 0 Å². The van der Waals surface area contributed by atoms with Gasteiger partial charge < -0.3 is 5.32 Å². The van der Waals surface area contributed by atoms with Crippen molar-refractivity contribution in [2.24, 2.45) is 5.92 Å². The topological polar surface area (TPSA) is 42.0 Å². The molecule has 0 bridgehead atoms. The number of pyridine rings is 1. The van der Waals surface area contributed by atoms with Crippen molar-refractivity contribution in [3.8, 4) is 0 Å². The van der Waals surface area contributed by atoms with E-state index in [2.05, 4.69) is 17.2 Å². The summed E-state index contributed by atoms with van der Waals surface area (Å²) in [5.74, 6) is 1.31. The van der Waals surface area contributed by atoms with Gasteiger partial charge in [0.2, 0.25) is 0 Å². The molecule has 20 heavy (non-hydrogen) atoms. The summed E-state index contributed by atoms with van der Waals surface area (Å²) in [7, 11) is 0. The van der Waals surface area contributed by atoms with Gasteiger partial charge in [-0.1, -0.05) is 13.0 Å². The molecule has 0 saturated heterocycles. The number of aromatic nitrogens is 1. The molecule has 0 radical (unpaired) electrons. The number of carbonyl (C=O) groups is 1. The maximum absolute atomic E-state index is 12.4. The highest BCUT2D eigenvalue weighted by Gasteiger charge is 2.23. The molecule has 3 rings (SSSR count). The Morgan fingerprint density at radius 2 is 2.30 bits per heavy atom. The van der Waals surface area contributed by atoms with E-state index in [1.54, 1.807) is 17.5 Å². The third-order valence-electron chi connectivity index (χ3n) is 3.80. The molecule has 0 saturated carbocycles. The molecule has 2 aromatic rings. The van der Waals surface area contributed by atoms with Gasteiger partial charge in [-0.3, -0.25) is 4.79 Å². The molecule has 1 aliphatic rings. The van der Waals surface area contributed by atoms with Gasteiger partial charge in [-0.05, 0) is 49.3 Å². The summed E-state index contributed by atoms with van der Waals surface area (Å²) in [6.45, 7) is 4.26. The minimum absolute atomic E-state index is 0.0339. The predicted molar refractivity (Wildman–Crippen MR) is 82.4 cm³/mol. The molecule has 104 valence electrons. The van der Waals surface area contributed by atoms with Crippen molar-refractivity contribution in [3.05, 3.63) is 45.3 Å². The van der Waals surface area contributed by atoms with Gasteiger partial charge in [-0.15, -0.1) is 11.3 Å². The number of carbonyl (C=O) groups excluding carboxylic acids is 1. The fourth-order valence-corrected chi connectivity index (χ4v) is 3.84. The normalized spacial score (nSPS) is 17.6. The van der Waals surface area contributed by atoms with E-state index in [1.165, 1.54) is 16.9 Å². The molecule has 2 heterocycles. The van der Waals surface area contributed by atoms with Crippen molar-refractivity contribution < 1.29 is 4.79 Å². The van der Waals surface area contributed by atoms with Crippen molar-refractivity contribution in [3.63, 3.8) is 0 Å². The third kappa shape index (κ3) is 2.61. The lowest BCUT2D eigenvalue weighted by atomic mass is 9.88. The molecule has 4 heteroatoms. The van der Waals surface area contributed by atoms with Crippen LogP contribution in [-0.2, 0) is 12.8 Å². The van der Waals surface area contributed by atoms with Crippen molar-refractivity contribution in [2.75, 3.05) is 5.32 Å². The number of amides is 1. The largest absolute Gasteiger partial charge is 0.307 e. The predicted octanol–water partition coefficient (Wildman–Crippen LogP) is 3.83. The van der Waals surface area contributed by atoms with Crippen molar-refractivity contribution in [1.82, 2.24) is 4.98 Å². The molecular weight excluding hydrogens is 268 g/mol. The lowest BCUT2D eigenvalue weighted by Gasteiger charge is -2.18. The van der Waals surface area contributed by atoms with E-state index in [9.17, 15) is 4.79 Å². The number of aryl methyl sites for hydroxylation is 1. The highest BCUT2D eigenvalue weighted by Crippen LogP contribution is 2.33. The molecule has 0 aliphatic heterocycles. The van der Waals surface area contributed by atoms with Crippen LogP contribution in [0.5, 0.6) is 0 Å². The summed E-state index contributed by atoms with van der Waals surface area (Å²) in [6.07, 6.45) is 5.06. The molecule has 1 atom stereocenters. The van der Waals surface area contributed by atoms with E-state index in [1.807, 2.05) is 24.4 Å². The number of thiophene rings is 1. The zero-order valence-corrected chi connectivity index (χ0v) is 12.6. The minimum Gasteiger partial charge on any atom is -0.307 e. The highest BCUT2D eigenvalue weighted by molar-refractivity contribution is 7.10. The molecule has 1 N–H and O–H groups in total. The van der Waals surface area contributed by atoms with E-state index < -0.39 is 0 Å². The zero-order chi connectivity index (χ0) is 14.1. The Morgan fingerprint density at radius 3 is 3.05 bits per heavy atom. The zero-order valence-electron chi connectivity index (χ0n) is 11.8. The summed E-state index contributed by atoms with van der Waals surface area (Å²) < 4.78 is 0. The molecule has 0 fully saturated rings. The molecular formula is C16H18N2OS. The first-order valence-corrected chi connectivity index (χ1v) is 7.84. The van der Waals surface area contributed by atoms with Crippen LogP contribution in [0.2, 0.25) is 0 Å². The Labute approximate surface area is 123 Å². The molecule has 1 aliphatic carbocycles. The van der Waals surface area contributed by atoms with Gasteiger partial charge in [-0.2, -0.15) is 0 Å². The third-order valence-corrected chi connectivity index (χ3v) is 4.85. The fraction of sp³-hybridized carbons (Fsp3) is 0.375. The molecule has 0 aromatic carbocycles. The average Bonchev–Trinajstić information content (AvgIpc) is 2.84. The number of hydrogen-bond acceptors (Lipinski definition) is 3. The first kappa shape index (κ1) is 13.3. The lowest BCUT2D eigenvalue weighted by Crippen LogP contribution is -2.17. The van der Waals surface area contributed by atoms with Gasteiger partial charge in [0.25, 0.3) is 5.91 Å². The van der Waals surface area contributed by atoms with E-state index in [0.717, 1.165) is 29.9 Å². The average molecular weight is 286 g/mol. The standard InChI is InChI=1S/C16H18N2OS/c1-10-3-5-12-13(9-20-14(12)7-10)16(19)18-15-6-4-11(2)8-17-15/h4,6,8-10H,3,5,7H2,1-2H3,(H,17,18,19). The first-order valence-electron chi connectivity index (χ1n) is 6.96. The Kier molecular flexibility index (Phi) is 3.57. The van der Waals surface area contributed by atoms with Crippen LogP contribution in [0.15, 0.2) is 23.7 Å².